The maximum Gasteiger partial charge on any atom is 0.104 e. The second-order valence-corrected chi connectivity index (χ2v) is 5.99. The number of nitrogens with two attached hydrogens (primary N) is 1. The molecule has 0 unspecified atom stereocenters. The highest BCUT2D eigenvalue weighted by Crippen LogP contribution is 2.30. The van der Waals surface area contributed by atoms with Gasteiger partial charge in [-0.05, 0) is 52.9 Å². The maximum atomic E-state index is 5.63. The molecular weight excluding hydrogens is 296 g/mol. The van der Waals surface area contributed by atoms with Gasteiger partial charge in [-0.1, -0.05) is 19.1 Å². The van der Waals surface area contributed by atoms with E-state index >= 15 is 0 Å². The van der Waals surface area contributed by atoms with Crippen LogP contribution < -0.4 is 10.6 Å². The zero-order chi connectivity index (χ0) is 12.4. The first-order valence-electron chi connectivity index (χ1n) is 5.92. The van der Waals surface area contributed by atoms with Crippen LogP contribution in [-0.2, 0) is 0 Å². The van der Waals surface area contributed by atoms with Crippen LogP contribution in [0.4, 0.5) is 5.69 Å². The highest BCUT2D eigenvalue weighted by molar-refractivity contribution is 9.10. The first-order chi connectivity index (χ1) is 8.08. The third-order valence-electron chi connectivity index (χ3n) is 3.36. The van der Waals surface area contributed by atoms with E-state index in [1.54, 1.807) is 0 Å². The molecule has 0 amide bonds. The van der Waals surface area contributed by atoms with Gasteiger partial charge in [0.15, 0.2) is 0 Å². The smallest absolute Gasteiger partial charge is 0.104 e. The lowest BCUT2D eigenvalue weighted by Gasteiger charge is -2.32. The molecule has 0 saturated carbocycles. The minimum atomic E-state index is 0.449. The predicted molar refractivity (Wildman–Crippen MR) is 80.6 cm³/mol. The van der Waals surface area contributed by atoms with Gasteiger partial charge in [0.05, 0.1) is 5.69 Å². The Hall–Kier alpha value is -0.610. The van der Waals surface area contributed by atoms with Gasteiger partial charge in [0, 0.05) is 23.1 Å². The summed E-state index contributed by atoms with van der Waals surface area (Å²) < 4.78 is 1.08. The van der Waals surface area contributed by atoms with E-state index in [4.69, 9.17) is 18.0 Å². The van der Waals surface area contributed by atoms with Crippen LogP contribution in [0.25, 0.3) is 0 Å². The number of nitrogens with zero attached hydrogens (tertiary/aromatic N) is 1. The Kier molecular flexibility index (Phi) is 4.05. The number of piperidine rings is 1. The van der Waals surface area contributed by atoms with E-state index in [1.165, 1.54) is 18.5 Å². The molecular formula is C13H17BrN2S. The lowest BCUT2D eigenvalue weighted by Crippen LogP contribution is -2.33. The Bertz CT molecular complexity index is 425. The number of rotatable bonds is 2. The molecule has 1 aromatic rings. The van der Waals surface area contributed by atoms with Crippen LogP contribution in [0.3, 0.4) is 0 Å². The van der Waals surface area contributed by atoms with Gasteiger partial charge in [0.2, 0.25) is 0 Å². The van der Waals surface area contributed by atoms with Crippen molar-refractivity contribution in [1.29, 1.82) is 0 Å². The normalized spacial score (nSPS) is 17.2. The highest BCUT2D eigenvalue weighted by Gasteiger charge is 2.17. The Morgan fingerprint density at radius 3 is 2.59 bits per heavy atom. The van der Waals surface area contributed by atoms with Crippen LogP contribution in [0.1, 0.15) is 25.3 Å². The van der Waals surface area contributed by atoms with Crippen molar-refractivity contribution in [2.24, 2.45) is 11.7 Å². The van der Waals surface area contributed by atoms with E-state index in [2.05, 4.69) is 33.8 Å². The van der Waals surface area contributed by atoms with Gasteiger partial charge in [0.25, 0.3) is 0 Å². The third kappa shape index (κ3) is 2.99. The van der Waals surface area contributed by atoms with E-state index in [-0.39, 0.29) is 0 Å². The predicted octanol–water partition coefficient (Wildman–Crippen LogP) is 3.32. The summed E-state index contributed by atoms with van der Waals surface area (Å²) in [5, 5.41) is 0. The molecule has 0 bridgehead atoms. The molecule has 1 heterocycles. The molecule has 2 rings (SSSR count). The van der Waals surface area contributed by atoms with E-state index in [0.717, 1.165) is 29.0 Å². The molecule has 0 atom stereocenters. The number of hydrogen-bond donors (Lipinski definition) is 1. The molecule has 92 valence electrons. The van der Waals surface area contributed by atoms with Gasteiger partial charge < -0.3 is 10.6 Å². The molecule has 2 nitrogen and oxygen atoms in total. The fourth-order valence-electron chi connectivity index (χ4n) is 2.17. The summed E-state index contributed by atoms with van der Waals surface area (Å²) in [5.41, 5.74) is 7.79. The van der Waals surface area contributed by atoms with Crippen LogP contribution in [0.15, 0.2) is 22.7 Å². The highest BCUT2D eigenvalue weighted by atomic mass is 79.9. The van der Waals surface area contributed by atoms with Crippen molar-refractivity contribution >= 4 is 38.8 Å². The average molecular weight is 313 g/mol. The number of thiocarbonyl (C=S) groups is 1. The molecule has 1 aliphatic rings. The van der Waals surface area contributed by atoms with E-state index in [0.29, 0.717) is 4.99 Å². The van der Waals surface area contributed by atoms with Gasteiger partial charge >= 0.3 is 0 Å². The number of hydrogen-bond acceptors (Lipinski definition) is 2. The molecule has 1 saturated heterocycles. The average Bonchev–Trinajstić information content (AvgIpc) is 2.30. The lowest BCUT2D eigenvalue weighted by molar-refractivity contribution is 0.438. The molecule has 2 N–H and O–H groups in total. The molecule has 0 aromatic heterocycles. The van der Waals surface area contributed by atoms with Crippen LogP contribution in [0.5, 0.6) is 0 Å². The van der Waals surface area contributed by atoms with Crippen molar-refractivity contribution in [3.8, 4) is 0 Å². The van der Waals surface area contributed by atoms with Crippen molar-refractivity contribution in [3.63, 3.8) is 0 Å². The number of benzene rings is 1. The molecule has 1 aliphatic heterocycles. The summed E-state index contributed by atoms with van der Waals surface area (Å²) in [4.78, 5) is 2.87. The molecule has 4 heteroatoms. The zero-order valence-corrected chi connectivity index (χ0v) is 12.4. The first kappa shape index (κ1) is 12.8. The Morgan fingerprint density at radius 2 is 2.06 bits per heavy atom. The van der Waals surface area contributed by atoms with Gasteiger partial charge in [-0.25, -0.2) is 0 Å². The maximum absolute atomic E-state index is 5.63. The molecule has 1 aromatic carbocycles. The Morgan fingerprint density at radius 1 is 1.41 bits per heavy atom. The molecule has 0 aliphatic carbocycles. The van der Waals surface area contributed by atoms with Crippen LogP contribution in [0, 0.1) is 5.92 Å². The largest absolute Gasteiger partial charge is 0.389 e. The second kappa shape index (κ2) is 5.36. The van der Waals surface area contributed by atoms with Crippen molar-refractivity contribution in [2.45, 2.75) is 19.8 Å². The topological polar surface area (TPSA) is 29.3 Å². The monoisotopic (exact) mass is 312 g/mol. The van der Waals surface area contributed by atoms with Crippen molar-refractivity contribution < 1.29 is 0 Å². The zero-order valence-electron chi connectivity index (χ0n) is 9.95. The van der Waals surface area contributed by atoms with Gasteiger partial charge in [-0.3, -0.25) is 0 Å². The minimum Gasteiger partial charge on any atom is -0.389 e. The van der Waals surface area contributed by atoms with E-state index < -0.39 is 0 Å². The van der Waals surface area contributed by atoms with Crippen molar-refractivity contribution in [2.75, 3.05) is 18.0 Å². The molecule has 0 radical (unpaired) electrons. The molecule has 17 heavy (non-hydrogen) atoms. The van der Waals surface area contributed by atoms with Gasteiger partial charge in [-0.2, -0.15) is 0 Å². The summed E-state index contributed by atoms with van der Waals surface area (Å²) in [7, 11) is 0. The standard InChI is InChI=1S/C13H17BrN2S/c1-9-4-6-16(7-5-9)12-3-2-10(13(15)17)8-11(12)14/h2-3,8-9H,4-7H2,1H3,(H2,15,17). The van der Waals surface area contributed by atoms with Crippen LogP contribution in [0.2, 0.25) is 0 Å². The Labute approximate surface area is 116 Å². The van der Waals surface area contributed by atoms with E-state index in [1.807, 2.05) is 12.1 Å². The van der Waals surface area contributed by atoms with Gasteiger partial charge in [0.1, 0.15) is 4.99 Å². The summed E-state index contributed by atoms with van der Waals surface area (Å²) >= 11 is 8.59. The summed E-state index contributed by atoms with van der Waals surface area (Å²) in [6, 6.07) is 6.12. The summed E-state index contributed by atoms with van der Waals surface area (Å²) in [6.45, 7) is 4.58. The lowest BCUT2D eigenvalue weighted by atomic mass is 9.99. The van der Waals surface area contributed by atoms with Crippen molar-refractivity contribution in [1.82, 2.24) is 0 Å². The number of halogens is 1. The Balaban J connectivity index is 2.19. The summed E-state index contributed by atoms with van der Waals surface area (Å²) in [6.07, 6.45) is 2.53. The quantitative estimate of drug-likeness (QED) is 0.849. The van der Waals surface area contributed by atoms with Crippen molar-refractivity contribution in [3.05, 3.63) is 28.2 Å². The third-order valence-corrected chi connectivity index (χ3v) is 4.23. The minimum absolute atomic E-state index is 0.449. The SMILES string of the molecule is CC1CCN(c2ccc(C(N)=S)cc2Br)CC1. The summed E-state index contributed by atoms with van der Waals surface area (Å²) in [5.74, 6) is 0.848. The first-order valence-corrected chi connectivity index (χ1v) is 7.12. The number of anilines is 1. The van der Waals surface area contributed by atoms with E-state index in [9.17, 15) is 0 Å². The van der Waals surface area contributed by atoms with Crippen LogP contribution in [-0.4, -0.2) is 18.1 Å². The fraction of sp³-hybridized carbons (Fsp3) is 0.462. The van der Waals surface area contributed by atoms with Crippen LogP contribution >= 0.6 is 28.1 Å². The fourth-order valence-corrected chi connectivity index (χ4v) is 2.92. The van der Waals surface area contributed by atoms with Gasteiger partial charge in [-0.15, -0.1) is 0 Å². The molecule has 0 spiro atoms. The second-order valence-electron chi connectivity index (χ2n) is 4.70. The molecule has 1 fully saturated rings.